The van der Waals surface area contributed by atoms with Gasteiger partial charge in [0, 0.05) is 13.1 Å². The normalized spacial score (nSPS) is 14.8. The van der Waals surface area contributed by atoms with Crippen LogP contribution in [0.5, 0.6) is 11.6 Å². The van der Waals surface area contributed by atoms with Gasteiger partial charge in [0.05, 0.1) is 4.92 Å². The molecule has 0 spiro atoms. The number of hydrogen-bond acceptors (Lipinski definition) is 6. The lowest BCUT2D eigenvalue weighted by atomic mass is 10.2. The standard InChI is InChI=1S/C18H22N4O3/c1-2-14-7-9-15(10-8-14)25-18-16(22(23)24)17(19-13-20-18)21-11-5-3-4-6-12-21/h7-10,13H,2-6,11-12H2,1H3. The van der Waals surface area contributed by atoms with E-state index in [1.807, 2.05) is 17.0 Å². The van der Waals surface area contributed by atoms with Crippen LogP contribution in [0.1, 0.15) is 38.2 Å². The Morgan fingerprint density at radius 3 is 2.40 bits per heavy atom. The fourth-order valence-electron chi connectivity index (χ4n) is 3.01. The third-order valence-electron chi connectivity index (χ3n) is 4.40. The molecule has 1 aromatic carbocycles. The summed E-state index contributed by atoms with van der Waals surface area (Å²) in [5.74, 6) is 0.867. The highest BCUT2D eigenvalue weighted by Gasteiger charge is 2.29. The van der Waals surface area contributed by atoms with Gasteiger partial charge >= 0.3 is 11.6 Å². The van der Waals surface area contributed by atoms with Gasteiger partial charge in [0.25, 0.3) is 0 Å². The first-order valence-corrected chi connectivity index (χ1v) is 8.70. The molecule has 7 nitrogen and oxygen atoms in total. The maximum atomic E-state index is 11.7. The molecule has 0 bridgehead atoms. The monoisotopic (exact) mass is 342 g/mol. The molecule has 0 radical (unpaired) electrons. The summed E-state index contributed by atoms with van der Waals surface area (Å²) in [4.78, 5) is 21.4. The molecule has 0 N–H and O–H groups in total. The predicted molar refractivity (Wildman–Crippen MR) is 95.3 cm³/mol. The first-order valence-electron chi connectivity index (χ1n) is 8.70. The summed E-state index contributed by atoms with van der Waals surface area (Å²) in [6, 6.07) is 7.49. The summed E-state index contributed by atoms with van der Waals surface area (Å²) in [6.07, 6.45) is 6.56. The second-order valence-corrected chi connectivity index (χ2v) is 6.11. The summed E-state index contributed by atoms with van der Waals surface area (Å²) in [6.45, 7) is 3.60. The minimum Gasteiger partial charge on any atom is -0.434 e. The van der Waals surface area contributed by atoms with Gasteiger partial charge in [0.1, 0.15) is 12.1 Å². The van der Waals surface area contributed by atoms with Crippen LogP contribution in [-0.2, 0) is 6.42 Å². The van der Waals surface area contributed by atoms with Crippen molar-refractivity contribution in [3.63, 3.8) is 0 Å². The molecule has 2 heterocycles. The third kappa shape index (κ3) is 4.04. The lowest BCUT2D eigenvalue weighted by Gasteiger charge is -2.21. The Bertz CT molecular complexity index is 726. The fraction of sp³-hybridized carbons (Fsp3) is 0.444. The number of hydrogen-bond donors (Lipinski definition) is 0. The third-order valence-corrected chi connectivity index (χ3v) is 4.40. The van der Waals surface area contributed by atoms with Gasteiger partial charge in [-0.05, 0) is 37.0 Å². The zero-order valence-electron chi connectivity index (χ0n) is 14.4. The SMILES string of the molecule is CCc1ccc(Oc2ncnc(N3CCCCCC3)c2[N+](=O)[O-])cc1. The van der Waals surface area contributed by atoms with Crippen molar-refractivity contribution in [3.05, 3.63) is 46.3 Å². The van der Waals surface area contributed by atoms with Crippen LogP contribution in [-0.4, -0.2) is 28.0 Å². The van der Waals surface area contributed by atoms with Crippen LogP contribution in [0.3, 0.4) is 0 Å². The molecule has 132 valence electrons. The van der Waals surface area contributed by atoms with Gasteiger partial charge in [-0.1, -0.05) is 31.9 Å². The number of benzene rings is 1. The van der Waals surface area contributed by atoms with Crippen LogP contribution in [0.4, 0.5) is 11.5 Å². The number of rotatable bonds is 5. The largest absolute Gasteiger partial charge is 0.434 e. The molecule has 25 heavy (non-hydrogen) atoms. The highest BCUT2D eigenvalue weighted by molar-refractivity contribution is 5.63. The molecular formula is C18H22N4O3. The molecule has 0 aliphatic carbocycles. The van der Waals surface area contributed by atoms with Crippen LogP contribution in [0.15, 0.2) is 30.6 Å². The number of aromatic nitrogens is 2. The predicted octanol–water partition coefficient (Wildman–Crippen LogP) is 4.12. The van der Waals surface area contributed by atoms with Crippen molar-refractivity contribution in [2.24, 2.45) is 0 Å². The van der Waals surface area contributed by atoms with Gasteiger partial charge in [0.15, 0.2) is 0 Å². The highest BCUT2D eigenvalue weighted by atomic mass is 16.6. The summed E-state index contributed by atoms with van der Waals surface area (Å²) in [7, 11) is 0. The van der Waals surface area contributed by atoms with Crippen molar-refractivity contribution in [1.82, 2.24) is 9.97 Å². The van der Waals surface area contributed by atoms with E-state index in [1.54, 1.807) is 12.1 Å². The molecular weight excluding hydrogens is 320 g/mol. The van der Waals surface area contributed by atoms with Crippen LogP contribution >= 0.6 is 0 Å². The Hall–Kier alpha value is -2.70. The maximum Gasteiger partial charge on any atom is 0.373 e. The van der Waals surface area contributed by atoms with Crippen molar-refractivity contribution in [3.8, 4) is 11.6 Å². The number of ether oxygens (including phenoxy) is 1. The Kier molecular flexibility index (Phi) is 5.42. The lowest BCUT2D eigenvalue weighted by molar-refractivity contribution is -0.385. The number of nitro groups is 1. The molecule has 0 saturated carbocycles. The summed E-state index contributed by atoms with van der Waals surface area (Å²) in [5.41, 5.74) is 1.01. The molecule has 1 aliphatic rings. The van der Waals surface area contributed by atoms with Gasteiger partial charge in [-0.25, -0.2) is 4.98 Å². The van der Waals surface area contributed by atoms with Gasteiger partial charge < -0.3 is 9.64 Å². The van der Waals surface area contributed by atoms with E-state index in [0.29, 0.717) is 11.6 Å². The molecule has 1 aliphatic heterocycles. The zero-order valence-corrected chi connectivity index (χ0v) is 14.4. The Morgan fingerprint density at radius 2 is 1.80 bits per heavy atom. The van der Waals surface area contributed by atoms with Crippen LogP contribution in [0.2, 0.25) is 0 Å². The maximum absolute atomic E-state index is 11.7. The van der Waals surface area contributed by atoms with Crippen LogP contribution in [0, 0.1) is 10.1 Å². The van der Waals surface area contributed by atoms with Gasteiger partial charge in [-0.3, -0.25) is 10.1 Å². The first-order chi connectivity index (χ1) is 12.2. The Labute approximate surface area is 146 Å². The van der Waals surface area contributed by atoms with Crippen molar-refractivity contribution in [1.29, 1.82) is 0 Å². The minimum atomic E-state index is -0.448. The smallest absolute Gasteiger partial charge is 0.373 e. The molecule has 0 amide bonds. The van der Waals surface area contributed by atoms with E-state index < -0.39 is 4.92 Å². The average Bonchev–Trinajstić information content (AvgIpc) is 2.91. The molecule has 0 atom stereocenters. The fourth-order valence-corrected chi connectivity index (χ4v) is 3.01. The molecule has 3 rings (SSSR count). The van der Waals surface area contributed by atoms with E-state index in [2.05, 4.69) is 16.9 Å². The second kappa shape index (κ2) is 7.92. The molecule has 1 saturated heterocycles. The summed E-state index contributed by atoms with van der Waals surface area (Å²) < 4.78 is 5.71. The average molecular weight is 342 g/mol. The summed E-state index contributed by atoms with van der Waals surface area (Å²) >= 11 is 0. The van der Waals surface area contributed by atoms with Gasteiger partial charge in [0.2, 0.25) is 5.82 Å². The molecule has 1 fully saturated rings. The topological polar surface area (TPSA) is 81.4 Å². The van der Waals surface area contributed by atoms with Crippen molar-refractivity contribution in [2.45, 2.75) is 39.0 Å². The van der Waals surface area contributed by atoms with E-state index in [-0.39, 0.29) is 11.6 Å². The lowest BCUT2D eigenvalue weighted by Crippen LogP contribution is -2.26. The number of anilines is 1. The summed E-state index contributed by atoms with van der Waals surface area (Å²) in [5, 5.41) is 11.7. The van der Waals surface area contributed by atoms with Crippen LogP contribution < -0.4 is 9.64 Å². The Balaban J connectivity index is 1.92. The number of nitrogens with zero attached hydrogens (tertiary/aromatic N) is 4. The quantitative estimate of drug-likeness (QED) is 0.600. The highest BCUT2D eigenvalue weighted by Crippen LogP contribution is 2.36. The molecule has 2 aromatic rings. The van der Waals surface area contributed by atoms with Gasteiger partial charge in [-0.2, -0.15) is 4.98 Å². The zero-order chi connectivity index (χ0) is 17.6. The molecule has 7 heteroatoms. The van der Waals surface area contributed by atoms with Gasteiger partial charge in [-0.15, -0.1) is 0 Å². The van der Waals surface area contributed by atoms with E-state index in [0.717, 1.165) is 45.2 Å². The van der Waals surface area contributed by atoms with E-state index in [9.17, 15) is 10.1 Å². The van der Waals surface area contributed by atoms with Crippen molar-refractivity contribution < 1.29 is 9.66 Å². The first kappa shape index (κ1) is 17.1. The number of aryl methyl sites for hydroxylation is 1. The molecule has 0 unspecified atom stereocenters. The molecule has 1 aromatic heterocycles. The van der Waals surface area contributed by atoms with E-state index in [1.165, 1.54) is 11.9 Å². The van der Waals surface area contributed by atoms with E-state index in [4.69, 9.17) is 4.74 Å². The minimum absolute atomic E-state index is 0.0107. The Morgan fingerprint density at radius 1 is 1.12 bits per heavy atom. The second-order valence-electron chi connectivity index (χ2n) is 6.11. The van der Waals surface area contributed by atoms with E-state index >= 15 is 0 Å². The van der Waals surface area contributed by atoms with Crippen molar-refractivity contribution >= 4 is 11.5 Å². The van der Waals surface area contributed by atoms with Crippen molar-refractivity contribution in [2.75, 3.05) is 18.0 Å². The van der Waals surface area contributed by atoms with Crippen LogP contribution in [0.25, 0.3) is 0 Å².